The van der Waals surface area contributed by atoms with Crippen molar-refractivity contribution in [3.05, 3.63) is 11.1 Å². The Labute approximate surface area is 106 Å². The maximum atomic E-state index is 12.6. The maximum Gasteiger partial charge on any atom is 0.575 e. The SMILES string of the molecule is CCCCCC(=C(C)C(=O)OC(F)(F)F)C(F)(F)F. The number of esters is 1. The summed E-state index contributed by atoms with van der Waals surface area (Å²) in [5, 5.41) is 0. The summed E-state index contributed by atoms with van der Waals surface area (Å²) in [4.78, 5) is 11.0. The highest BCUT2D eigenvalue weighted by Crippen LogP contribution is 2.33. The molecule has 0 saturated heterocycles. The first kappa shape index (κ1) is 17.8. The van der Waals surface area contributed by atoms with Crippen molar-refractivity contribution in [2.24, 2.45) is 0 Å². The van der Waals surface area contributed by atoms with Crippen LogP contribution in [0.25, 0.3) is 0 Å². The molecule has 0 aliphatic carbocycles. The lowest BCUT2D eigenvalue weighted by molar-refractivity contribution is -0.303. The van der Waals surface area contributed by atoms with Crippen molar-refractivity contribution in [2.75, 3.05) is 0 Å². The average Bonchev–Trinajstić information content (AvgIpc) is 2.19. The van der Waals surface area contributed by atoms with Gasteiger partial charge in [0.15, 0.2) is 0 Å². The summed E-state index contributed by atoms with van der Waals surface area (Å²) >= 11 is 0. The first-order valence-corrected chi connectivity index (χ1v) is 5.56. The van der Waals surface area contributed by atoms with Gasteiger partial charge in [-0.2, -0.15) is 13.2 Å². The fourth-order valence-corrected chi connectivity index (χ4v) is 1.40. The molecule has 112 valence electrons. The van der Waals surface area contributed by atoms with Gasteiger partial charge in [-0.15, -0.1) is 13.2 Å². The monoisotopic (exact) mass is 292 g/mol. The van der Waals surface area contributed by atoms with Crippen LogP contribution in [0.5, 0.6) is 0 Å². The molecule has 0 aliphatic heterocycles. The molecule has 0 bridgehead atoms. The van der Waals surface area contributed by atoms with Crippen molar-refractivity contribution in [3.8, 4) is 0 Å². The first-order valence-electron chi connectivity index (χ1n) is 5.56. The molecule has 0 radical (unpaired) electrons. The molecule has 0 aromatic rings. The summed E-state index contributed by atoms with van der Waals surface area (Å²) in [5.41, 5.74) is -2.32. The topological polar surface area (TPSA) is 26.3 Å². The number of unbranched alkanes of at least 4 members (excludes halogenated alkanes) is 2. The lowest BCUT2D eigenvalue weighted by Gasteiger charge is -2.15. The number of rotatable bonds is 5. The average molecular weight is 292 g/mol. The lowest BCUT2D eigenvalue weighted by atomic mass is 10.0. The fourth-order valence-electron chi connectivity index (χ4n) is 1.40. The molecule has 8 heteroatoms. The summed E-state index contributed by atoms with van der Waals surface area (Å²) in [6.07, 6.45) is -9.36. The molecule has 0 spiro atoms. The Morgan fingerprint density at radius 1 is 1.05 bits per heavy atom. The second-order valence-corrected chi connectivity index (χ2v) is 3.89. The van der Waals surface area contributed by atoms with Crippen LogP contribution in [0, 0.1) is 0 Å². The van der Waals surface area contributed by atoms with Crippen LogP contribution in [-0.2, 0) is 9.53 Å². The third kappa shape index (κ3) is 7.07. The standard InChI is InChI=1S/C11H14F6O2/c1-3-4-5-6-8(10(12,13)14)7(2)9(18)19-11(15,16)17/h3-6H2,1-2H3. The Bertz CT molecular complexity index is 340. The van der Waals surface area contributed by atoms with Gasteiger partial charge in [-0.1, -0.05) is 19.8 Å². The maximum absolute atomic E-state index is 12.6. The molecule has 0 N–H and O–H groups in total. The Kier molecular flexibility index (Phi) is 6.38. The van der Waals surface area contributed by atoms with Crippen molar-refractivity contribution in [2.45, 2.75) is 52.1 Å². The van der Waals surface area contributed by atoms with Crippen LogP contribution in [0.4, 0.5) is 26.3 Å². The highest BCUT2D eigenvalue weighted by Gasteiger charge is 2.39. The Balaban J connectivity index is 5.08. The van der Waals surface area contributed by atoms with Gasteiger partial charge in [0.2, 0.25) is 0 Å². The van der Waals surface area contributed by atoms with Crippen LogP contribution in [0.3, 0.4) is 0 Å². The molecule has 0 aromatic carbocycles. The smallest absolute Gasteiger partial charge is 0.369 e. The first-order chi connectivity index (χ1) is 8.49. The van der Waals surface area contributed by atoms with Crippen LogP contribution < -0.4 is 0 Å². The third-order valence-corrected chi connectivity index (χ3v) is 2.34. The van der Waals surface area contributed by atoms with E-state index in [9.17, 15) is 31.1 Å². The number of allylic oxidation sites excluding steroid dienone is 1. The number of carbonyl (C=O) groups excluding carboxylic acids is 1. The second kappa shape index (κ2) is 6.81. The summed E-state index contributed by atoms with van der Waals surface area (Å²) in [5.74, 6) is -2.02. The highest BCUT2D eigenvalue weighted by molar-refractivity contribution is 5.89. The summed E-state index contributed by atoms with van der Waals surface area (Å²) in [7, 11) is 0. The highest BCUT2D eigenvalue weighted by atomic mass is 19.4. The van der Waals surface area contributed by atoms with Gasteiger partial charge in [-0.05, 0) is 19.8 Å². The summed E-state index contributed by atoms with van der Waals surface area (Å²) < 4.78 is 76.3. The number of hydrogen-bond donors (Lipinski definition) is 0. The number of carbonyl (C=O) groups is 1. The third-order valence-electron chi connectivity index (χ3n) is 2.34. The molecule has 0 amide bonds. The van der Waals surface area contributed by atoms with E-state index in [4.69, 9.17) is 0 Å². The minimum atomic E-state index is -5.29. The van der Waals surface area contributed by atoms with E-state index in [0.29, 0.717) is 19.8 Å². The van der Waals surface area contributed by atoms with E-state index in [2.05, 4.69) is 4.74 Å². The molecule has 0 aliphatic rings. The lowest BCUT2D eigenvalue weighted by Crippen LogP contribution is -2.23. The van der Waals surface area contributed by atoms with Crippen LogP contribution in [0.15, 0.2) is 11.1 Å². The van der Waals surface area contributed by atoms with Crippen LogP contribution in [0.2, 0.25) is 0 Å². The Morgan fingerprint density at radius 2 is 1.58 bits per heavy atom. The molecular weight excluding hydrogens is 278 g/mol. The van der Waals surface area contributed by atoms with E-state index in [0.717, 1.165) is 0 Å². The number of ether oxygens (including phenoxy) is 1. The largest absolute Gasteiger partial charge is 0.575 e. The zero-order valence-corrected chi connectivity index (χ0v) is 10.4. The van der Waals surface area contributed by atoms with Crippen molar-refractivity contribution in [1.29, 1.82) is 0 Å². The van der Waals surface area contributed by atoms with E-state index >= 15 is 0 Å². The molecule has 0 unspecified atom stereocenters. The van der Waals surface area contributed by atoms with Gasteiger partial charge in [0.25, 0.3) is 0 Å². The van der Waals surface area contributed by atoms with E-state index in [1.807, 2.05) is 0 Å². The number of alkyl halides is 6. The van der Waals surface area contributed by atoms with Gasteiger partial charge in [-0.3, -0.25) is 0 Å². The van der Waals surface area contributed by atoms with Crippen molar-refractivity contribution in [1.82, 2.24) is 0 Å². The van der Waals surface area contributed by atoms with Crippen molar-refractivity contribution >= 4 is 5.97 Å². The van der Waals surface area contributed by atoms with Gasteiger partial charge < -0.3 is 4.74 Å². The van der Waals surface area contributed by atoms with Crippen molar-refractivity contribution < 1.29 is 35.9 Å². The zero-order chi connectivity index (χ0) is 15.3. The summed E-state index contributed by atoms with van der Waals surface area (Å²) in [6.45, 7) is 2.45. The molecule has 0 saturated carbocycles. The van der Waals surface area contributed by atoms with Crippen LogP contribution in [0.1, 0.15) is 39.5 Å². The normalized spacial score (nSPS) is 14.1. The van der Waals surface area contributed by atoms with Gasteiger partial charge in [0, 0.05) is 11.1 Å². The Hall–Kier alpha value is -1.21. The van der Waals surface area contributed by atoms with Gasteiger partial charge in [-0.25, -0.2) is 4.79 Å². The molecule has 0 atom stereocenters. The minimum absolute atomic E-state index is 0.141. The minimum Gasteiger partial charge on any atom is -0.369 e. The van der Waals surface area contributed by atoms with Gasteiger partial charge in [0.05, 0.1) is 0 Å². The zero-order valence-electron chi connectivity index (χ0n) is 10.4. The predicted octanol–water partition coefficient (Wildman–Crippen LogP) is 4.51. The van der Waals surface area contributed by atoms with Gasteiger partial charge >= 0.3 is 18.5 Å². The van der Waals surface area contributed by atoms with E-state index in [1.165, 1.54) is 0 Å². The number of halogens is 6. The molecule has 2 nitrogen and oxygen atoms in total. The molecule has 0 rings (SSSR count). The molecule has 0 heterocycles. The second-order valence-electron chi connectivity index (χ2n) is 3.89. The summed E-state index contributed by atoms with van der Waals surface area (Å²) in [6, 6.07) is 0. The van der Waals surface area contributed by atoms with Crippen molar-refractivity contribution in [3.63, 3.8) is 0 Å². The molecule has 19 heavy (non-hydrogen) atoms. The van der Waals surface area contributed by atoms with Crippen LogP contribution >= 0.6 is 0 Å². The van der Waals surface area contributed by atoms with Crippen LogP contribution in [-0.4, -0.2) is 18.5 Å². The molecular formula is C11H14F6O2. The van der Waals surface area contributed by atoms with E-state index in [1.54, 1.807) is 6.92 Å². The van der Waals surface area contributed by atoms with Gasteiger partial charge in [0.1, 0.15) is 0 Å². The van der Waals surface area contributed by atoms with E-state index in [-0.39, 0.29) is 6.42 Å². The fraction of sp³-hybridized carbons (Fsp3) is 0.727. The quantitative estimate of drug-likeness (QED) is 0.322. The predicted molar refractivity (Wildman–Crippen MR) is 55.0 cm³/mol. The number of hydrogen-bond acceptors (Lipinski definition) is 2. The molecule has 0 aromatic heterocycles. The molecule has 0 fully saturated rings. The Morgan fingerprint density at radius 3 is 1.95 bits per heavy atom. The van der Waals surface area contributed by atoms with E-state index < -0.39 is 36.1 Å².